The van der Waals surface area contributed by atoms with Crippen molar-refractivity contribution in [1.29, 1.82) is 0 Å². The molecule has 0 atom stereocenters. The van der Waals surface area contributed by atoms with Crippen molar-refractivity contribution in [2.75, 3.05) is 17.6 Å². The molecule has 9 nitrogen and oxygen atoms in total. The summed E-state index contributed by atoms with van der Waals surface area (Å²) >= 11 is 1.02. The van der Waals surface area contributed by atoms with Crippen LogP contribution in [0.2, 0.25) is 0 Å². The van der Waals surface area contributed by atoms with Gasteiger partial charge in [0.1, 0.15) is 5.03 Å². The summed E-state index contributed by atoms with van der Waals surface area (Å²) in [4.78, 5) is 12.4. The van der Waals surface area contributed by atoms with Gasteiger partial charge in [-0.2, -0.15) is 22.8 Å². The monoisotopic (exact) mass is 550 g/mol. The maximum Gasteiger partial charge on any atom is 0.418 e. The smallest absolute Gasteiger partial charge is 0.325 e. The lowest BCUT2D eigenvalue weighted by Crippen LogP contribution is -2.26. The lowest BCUT2D eigenvalue weighted by molar-refractivity contribution is -0.137. The number of fused-ring (bicyclic) bond motifs is 1. The highest BCUT2D eigenvalue weighted by atomic mass is 32.2. The second-order valence-corrected chi connectivity index (χ2v) is 10.7. The molecule has 37 heavy (non-hydrogen) atoms. The molecule has 0 spiro atoms. The van der Waals surface area contributed by atoms with Gasteiger partial charge < -0.3 is 5.32 Å². The maximum absolute atomic E-state index is 13.1. The first-order valence-corrected chi connectivity index (χ1v) is 13.4. The van der Waals surface area contributed by atoms with Crippen molar-refractivity contribution in [1.82, 2.24) is 24.5 Å². The molecule has 0 radical (unpaired) electrons. The number of carbonyl (C=O) groups is 1. The topological polar surface area (TPSA) is 118 Å². The van der Waals surface area contributed by atoms with Crippen LogP contribution in [-0.4, -0.2) is 46.4 Å². The quantitative estimate of drug-likeness (QED) is 0.305. The Balaban J connectivity index is 1.37. The van der Waals surface area contributed by atoms with E-state index < -0.39 is 27.7 Å². The average molecular weight is 551 g/mol. The SMILES string of the molecule is Cc1ccc(S(=O)(=O)NCCc2nnc3ccc(SCC(=O)Nc4ccccc4C(F)(F)F)nn23)cc1. The van der Waals surface area contributed by atoms with Crippen molar-refractivity contribution in [3.05, 3.63) is 77.6 Å². The second-order valence-electron chi connectivity index (χ2n) is 7.90. The number of para-hydroxylation sites is 1. The number of nitrogens with one attached hydrogen (secondary N) is 2. The third kappa shape index (κ3) is 6.64. The van der Waals surface area contributed by atoms with Gasteiger partial charge in [0, 0.05) is 13.0 Å². The zero-order chi connectivity index (χ0) is 26.6. The second kappa shape index (κ2) is 10.9. The zero-order valence-corrected chi connectivity index (χ0v) is 21.0. The average Bonchev–Trinajstić information content (AvgIpc) is 3.25. The molecule has 2 N–H and O–H groups in total. The van der Waals surface area contributed by atoms with Gasteiger partial charge >= 0.3 is 6.18 Å². The Kier molecular flexibility index (Phi) is 7.80. The number of nitrogens with zero attached hydrogens (tertiary/aromatic N) is 4. The molecule has 0 saturated heterocycles. The highest BCUT2D eigenvalue weighted by Crippen LogP contribution is 2.34. The Hall–Kier alpha value is -3.49. The lowest BCUT2D eigenvalue weighted by Gasteiger charge is -2.13. The minimum absolute atomic E-state index is 0.0527. The van der Waals surface area contributed by atoms with E-state index in [0.29, 0.717) is 16.5 Å². The minimum Gasteiger partial charge on any atom is -0.325 e. The lowest BCUT2D eigenvalue weighted by atomic mass is 10.1. The third-order valence-electron chi connectivity index (χ3n) is 5.13. The van der Waals surface area contributed by atoms with Crippen LogP contribution in [0.25, 0.3) is 5.65 Å². The number of benzene rings is 2. The first-order chi connectivity index (χ1) is 17.5. The predicted octanol–water partition coefficient (Wildman–Crippen LogP) is 3.70. The van der Waals surface area contributed by atoms with Crippen LogP contribution in [0.1, 0.15) is 17.0 Å². The van der Waals surface area contributed by atoms with Gasteiger partial charge in [0.25, 0.3) is 0 Å². The summed E-state index contributed by atoms with van der Waals surface area (Å²) in [5.41, 5.74) is 0.111. The first kappa shape index (κ1) is 26.6. The largest absolute Gasteiger partial charge is 0.418 e. The molecule has 2 heterocycles. The van der Waals surface area contributed by atoms with E-state index in [2.05, 4.69) is 25.3 Å². The van der Waals surface area contributed by atoms with Crippen LogP contribution in [0.4, 0.5) is 18.9 Å². The molecule has 0 aliphatic carbocycles. The molecule has 14 heteroatoms. The number of anilines is 1. The highest BCUT2D eigenvalue weighted by molar-refractivity contribution is 7.99. The van der Waals surface area contributed by atoms with Crippen molar-refractivity contribution in [2.24, 2.45) is 0 Å². The summed E-state index contributed by atoms with van der Waals surface area (Å²) in [6.07, 6.45) is -4.40. The van der Waals surface area contributed by atoms with Crippen LogP contribution >= 0.6 is 11.8 Å². The van der Waals surface area contributed by atoms with E-state index in [-0.39, 0.29) is 29.3 Å². The van der Waals surface area contributed by atoms with Crippen molar-refractivity contribution in [2.45, 2.75) is 29.4 Å². The van der Waals surface area contributed by atoms with Crippen LogP contribution in [0.3, 0.4) is 0 Å². The number of hydrogen-bond donors (Lipinski definition) is 2. The number of hydrogen-bond acceptors (Lipinski definition) is 7. The number of rotatable bonds is 9. The zero-order valence-electron chi connectivity index (χ0n) is 19.4. The van der Waals surface area contributed by atoms with Gasteiger partial charge in [0.15, 0.2) is 11.5 Å². The number of alkyl halides is 3. The van der Waals surface area contributed by atoms with Gasteiger partial charge in [0.05, 0.1) is 21.9 Å². The van der Waals surface area contributed by atoms with Crippen LogP contribution in [0, 0.1) is 6.92 Å². The van der Waals surface area contributed by atoms with E-state index in [0.717, 1.165) is 23.4 Å². The molecule has 4 aromatic rings. The number of aromatic nitrogens is 4. The van der Waals surface area contributed by atoms with Gasteiger partial charge in [-0.1, -0.05) is 41.6 Å². The molecule has 1 amide bonds. The molecule has 0 unspecified atom stereocenters. The van der Waals surface area contributed by atoms with Crippen molar-refractivity contribution < 1.29 is 26.4 Å². The fraction of sp³-hybridized carbons (Fsp3) is 0.217. The van der Waals surface area contributed by atoms with Gasteiger partial charge in [-0.15, -0.1) is 10.2 Å². The summed E-state index contributed by atoms with van der Waals surface area (Å²) in [6.45, 7) is 1.91. The molecule has 0 saturated carbocycles. The van der Waals surface area contributed by atoms with E-state index in [9.17, 15) is 26.4 Å². The molecule has 2 aromatic heterocycles. The number of carbonyl (C=O) groups excluding carboxylic acids is 1. The van der Waals surface area contributed by atoms with Crippen LogP contribution in [0.5, 0.6) is 0 Å². The summed E-state index contributed by atoms with van der Waals surface area (Å²) in [7, 11) is -3.69. The molecule has 194 valence electrons. The summed E-state index contributed by atoms with van der Waals surface area (Å²) in [5.74, 6) is -0.413. The Morgan fingerprint density at radius 2 is 1.76 bits per heavy atom. The van der Waals surface area contributed by atoms with Crippen molar-refractivity contribution >= 4 is 39.0 Å². The fourth-order valence-electron chi connectivity index (χ4n) is 3.31. The molecular weight excluding hydrogens is 529 g/mol. The molecule has 0 aliphatic heterocycles. The fourth-order valence-corrected chi connectivity index (χ4v) is 5.00. The molecule has 4 rings (SSSR count). The Bertz CT molecular complexity index is 1520. The van der Waals surface area contributed by atoms with Crippen LogP contribution in [-0.2, 0) is 27.4 Å². The molecule has 0 aliphatic rings. The van der Waals surface area contributed by atoms with E-state index in [1.165, 1.54) is 34.8 Å². The molecular formula is C23H21F3N6O3S2. The van der Waals surface area contributed by atoms with Crippen LogP contribution < -0.4 is 10.0 Å². The van der Waals surface area contributed by atoms with E-state index >= 15 is 0 Å². The normalized spacial score (nSPS) is 12.1. The summed E-state index contributed by atoms with van der Waals surface area (Å²) in [6, 6.07) is 14.4. The van der Waals surface area contributed by atoms with E-state index in [4.69, 9.17) is 0 Å². The van der Waals surface area contributed by atoms with Crippen molar-refractivity contribution in [3.63, 3.8) is 0 Å². The Morgan fingerprint density at radius 3 is 2.49 bits per heavy atom. The summed E-state index contributed by atoms with van der Waals surface area (Å²) in [5, 5.41) is 15.1. The van der Waals surface area contributed by atoms with E-state index in [1.807, 2.05) is 6.92 Å². The standard InChI is InChI=1S/C23H21F3N6O3S2/c1-15-6-8-16(9-7-15)37(34,35)27-13-12-20-30-29-19-10-11-22(31-32(19)20)36-14-21(33)28-18-5-3-2-4-17(18)23(24,25)26/h2-11,27H,12-14H2,1H3,(H,28,33). The number of aryl methyl sites for hydroxylation is 1. The Morgan fingerprint density at radius 1 is 1.03 bits per heavy atom. The van der Waals surface area contributed by atoms with Gasteiger partial charge in [-0.25, -0.2) is 13.1 Å². The van der Waals surface area contributed by atoms with Gasteiger partial charge in [0.2, 0.25) is 15.9 Å². The Labute approximate surface area is 214 Å². The first-order valence-electron chi connectivity index (χ1n) is 10.9. The minimum atomic E-state index is -4.59. The predicted molar refractivity (Wildman–Crippen MR) is 132 cm³/mol. The summed E-state index contributed by atoms with van der Waals surface area (Å²) < 4.78 is 68.3. The third-order valence-corrected chi connectivity index (χ3v) is 7.53. The van der Waals surface area contributed by atoms with Crippen LogP contribution in [0.15, 0.2) is 70.6 Å². The number of halogens is 3. The van der Waals surface area contributed by atoms with Gasteiger partial charge in [-0.05, 0) is 43.3 Å². The molecule has 0 fully saturated rings. The van der Waals surface area contributed by atoms with Gasteiger partial charge in [-0.3, -0.25) is 4.79 Å². The molecule has 2 aromatic carbocycles. The maximum atomic E-state index is 13.1. The van der Waals surface area contributed by atoms with E-state index in [1.54, 1.807) is 24.3 Å². The number of sulfonamides is 1. The number of thioether (sulfide) groups is 1. The highest BCUT2D eigenvalue weighted by Gasteiger charge is 2.33. The molecule has 0 bridgehead atoms. The van der Waals surface area contributed by atoms with Crippen molar-refractivity contribution in [3.8, 4) is 0 Å². The number of amides is 1.